The lowest BCUT2D eigenvalue weighted by atomic mass is 10.2. The summed E-state index contributed by atoms with van der Waals surface area (Å²) in [6.07, 6.45) is 2.96. The van der Waals surface area contributed by atoms with Gasteiger partial charge in [-0.2, -0.15) is 0 Å². The number of rotatable bonds is 8. The number of nitrogens with zero attached hydrogens (tertiary/aromatic N) is 5. The van der Waals surface area contributed by atoms with E-state index >= 15 is 0 Å². The Hall–Kier alpha value is -1.47. The maximum absolute atomic E-state index is 4.38. The van der Waals surface area contributed by atoms with Crippen LogP contribution < -0.4 is 5.32 Å². The van der Waals surface area contributed by atoms with Crippen LogP contribution in [0.15, 0.2) is 23.5 Å². The van der Waals surface area contributed by atoms with E-state index in [1.165, 1.54) is 5.56 Å². The Bertz CT molecular complexity index is 527. The molecule has 2 rings (SSSR count). The number of tetrazole rings is 1. The van der Waals surface area contributed by atoms with Crippen LogP contribution in [0.5, 0.6) is 0 Å². The van der Waals surface area contributed by atoms with Gasteiger partial charge in [-0.25, -0.2) is 4.68 Å². The van der Waals surface area contributed by atoms with Crippen LogP contribution in [0.3, 0.4) is 0 Å². The number of hydrogen-bond acceptors (Lipinski definition) is 6. The first kappa shape index (κ1) is 14.9. The third kappa shape index (κ3) is 4.28. The van der Waals surface area contributed by atoms with Crippen molar-refractivity contribution in [3.63, 3.8) is 0 Å². The van der Waals surface area contributed by atoms with E-state index in [1.54, 1.807) is 11.8 Å². The van der Waals surface area contributed by atoms with Crippen molar-refractivity contribution in [1.29, 1.82) is 0 Å². The molecule has 2 aromatic heterocycles. The highest BCUT2D eigenvalue weighted by molar-refractivity contribution is 7.98. The van der Waals surface area contributed by atoms with Crippen molar-refractivity contribution in [2.24, 2.45) is 0 Å². The van der Waals surface area contributed by atoms with Gasteiger partial charge >= 0.3 is 0 Å². The van der Waals surface area contributed by atoms with E-state index in [9.17, 15) is 0 Å². The van der Waals surface area contributed by atoms with Gasteiger partial charge in [0.15, 0.2) is 0 Å². The molecule has 0 aromatic carbocycles. The summed E-state index contributed by atoms with van der Waals surface area (Å²) in [6.45, 7) is 6.92. The molecule has 2 aromatic rings. The predicted octanol–water partition coefficient (Wildman–Crippen LogP) is 1.67. The molecule has 0 saturated heterocycles. The summed E-state index contributed by atoms with van der Waals surface area (Å²) in [5, 5.41) is 16.0. The van der Waals surface area contributed by atoms with Gasteiger partial charge < -0.3 is 5.32 Å². The molecule has 0 unspecified atom stereocenters. The maximum Gasteiger partial charge on any atom is 0.209 e. The van der Waals surface area contributed by atoms with Crippen molar-refractivity contribution in [3.05, 3.63) is 29.6 Å². The van der Waals surface area contributed by atoms with E-state index in [2.05, 4.69) is 45.7 Å². The van der Waals surface area contributed by atoms with E-state index in [4.69, 9.17) is 0 Å². The number of aryl methyl sites for hydroxylation is 1. The molecule has 108 valence electrons. The fraction of sp³-hybridized carbons (Fsp3) is 0.538. The van der Waals surface area contributed by atoms with Crippen LogP contribution in [-0.4, -0.2) is 38.3 Å². The SMILES string of the molecule is CCCNCCn1nnnc1SCc1ncccc1C. The van der Waals surface area contributed by atoms with E-state index in [-0.39, 0.29) is 0 Å². The molecule has 0 atom stereocenters. The van der Waals surface area contributed by atoms with Gasteiger partial charge in [-0.15, -0.1) is 5.10 Å². The standard InChI is InChI=1S/C13H20N6S/c1-3-6-14-8-9-19-13(16-17-18-19)20-10-12-11(2)5-4-7-15-12/h4-5,7,14H,3,6,8-10H2,1-2H3. The quantitative estimate of drug-likeness (QED) is 0.589. The molecule has 1 N–H and O–H groups in total. The minimum Gasteiger partial charge on any atom is -0.315 e. The Kier molecular flexibility index (Phi) is 5.94. The Morgan fingerprint density at radius 3 is 3.05 bits per heavy atom. The highest BCUT2D eigenvalue weighted by Crippen LogP contribution is 2.20. The summed E-state index contributed by atoms with van der Waals surface area (Å²) in [5.41, 5.74) is 2.28. The Morgan fingerprint density at radius 1 is 1.35 bits per heavy atom. The highest BCUT2D eigenvalue weighted by atomic mass is 32.2. The molecule has 0 spiro atoms. The van der Waals surface area contributed by atoms with E-state index in [0.717, 1.165) is 42.7 Å². The van der Waals surface area contributed by atoms with Crippen LogP contribution >= 0.6 is 11.8 Å². The zero-order valence-corrected chi connectivity index (χ0v) is 12.7. The largest absolute Gasteiger partial charge is 0.315 e. The van der Waals surface area contributed by atoms with Gasteiger partial charge in [-0.05, 0) is 41.9 Å². The minimum absolute atomic E-state index is 0.787. The zero-order valence-electron chi connectivity index (χ0n) is 11.9. The topological polar surface area (TPSA) is 68.5 Å². The molecule has 0 radical (unpaired) electrons. The van der Waals surface area contributed by atoms with Crippen LogP contribution in [0.25, 0.3) is 0 Å². The normalized spacial score (nSPS) is 10.9. The second kappa shape index (κ2) is 7.96. The Balaban J connectivity index is 1.87. The van der Waals surface area contributed by atoms with E-state index < -0.39 is 0 Å². The molecule has 0 aliphatic rings. The zero-order chi connectivity index (χ0) is 14.2. The molecule has 0 saturated carbocycles. The first-order valence-electron chi connectivity index (χ1n) is 6.81. The minimum atomic E-state index is 0.787. The van der Waals surface area contributed by atoms with E-state index in [1.807, 2.05) is 16.9 Å². The molecule has 0 fully saturated rings. The maximum atomic E-state index is 4.38. The average molecular weight is 292 g/mol. The van der Waals surface area contributed by atoms with Gasteiger partial charge in [0.1, 0.15) is 0 Å². The summed E-state index contributed by atoms with van der Waals surface area (Å²) < 4.78 is 1.84. The fourth-order valence-electron chi connectivity index (χ4n) is 1.73. The molecule has 0 bridgehead atoms. The van der Waals surface area contributed by atoms with Crippen molar-refractivity contribution < 1.29 is 0 Å². The molecule has 0 aliphatic carbocycles. The molecular formula is C13H20N6S. The van der Waals surface area contributed by atoms with Crippen LogP contribution in [-0.2, 0) is 12.3 Å². The monoisotopic (exact) mass is 292 g/mol. The smallest absolute Gasteiger partial charge is 0.209 e. The molecule has 0 aliphatic heterocycles. The van der Waals surface area contributed by atoms with Crippen molar-refractivity contribution >= 4 is 11.8 Å². The van der Waals surface area contributed by atoms with Crippen molar-refractivity contribution in [3.8, 4) is 0 Å². The number of aromatic nitrogens is 5. The third-order valence-electron chi connectivity index (χ3n) is 2.88. The van der Waals surface area contributed by atoms with Crippen molar-refractivity contribution in [2.45, 2.75) is 37.7 Å². The molecule has 6 nitrogen and oxygen atoms in total. The lowest BCUT2D eigenvalue weighted by Crippen LogP contribution is -2.21. The molecule has 7 heteroatoms. The van der Waals surface area contributed by atoms with Crippen LogP contribution in [0.2, 0.25) is 0 Å². The number of thioether (sulfide) groups is 1. The first-order chi connectivity index (χ1) is 9.81. The van der Waals surface area contributed by atoms with Crippen LogP contribution in [0, 0.1) is 6.92 Å². The highest BCUT2D eigenvalue weighted by Gasteiger charge is 2.08. The summed E-state index contributed by atoms with van der Waals surface area (Å²) in [4.78, 5) is 4.38. The molecule has 2 heterocycles. The van der Waals surface area contributed by atoms with Crippen LogP contribution in [0.4, 0.5) is 0 Å². The summed E-state index contributed by atoms with van der Waals surface area (Å²) in [5.74, 6) is 0.787. The molecular weight excluding hydrogens is 272 g/mol. The van der Waals surface area contributed by atoms with Gasteiger partial charge in [-0.1, -0.05) is 24.8 Å². The molecule has 20 heavy (non-hydrogen) atoms. The van der Waals surface area contributed by atoms with Gasteiger partial charge in [-0.3, -0.25) is 4.98 Å². The van der Waals surface area contributed by atoms with Gasteiger partial charge in [0.2, 0.25) is 5.16 Å². The van der Waals surface area contributed by atoms with Crippen molar-refractivity contribution in [2.75, 3.05) is 13.1 Å². The van der Waals surface area contributed by atoms with Gasteiger partial charge in [0, 0.05) is 18.5 Å². The average Bonchev–Trinajstić information content (AvgIpc) is 2.90. The summed E-state index contributed by atoms with van der Waals surface area (Å²) in [6, 6.07) is 4.02. The second-order valence-electron chi connectivity index (χ2n) is 4.49. The van der Waals surface area contributed by atoms with E-state index in [0.29, 0.717) is 0 Å². The summed E-state index contributed by atoms with van der Waals surface area (Å²) in [7, 11) is 0. The first-order valence-corrected chi connectivity index (χ1v) is 7.80. The lowest BCUT2D eigenvalue weighted by Gasteiger charge is -2.06. The van der Waals surface area contributed by atoms with Gasteiger partial charge in [0.05, 0.1) is 12.2 Å². The third-order valence-corrected chi connectivity index (χ3v) is 3.85. The Labute approximate surface area is 123 Å². The van der Waals surface area contributed by atoms with Crippen LogP contribution in [0.1, 0.15) is 24.6 Å². The number of hydrogen-bond donors (Lipinski definition) is 1. The number of nitrogens with one attached hydrogen (secondary N) is 1. The summed E-state index contributed by atoms with van der Waals surface area (Å²) >= 11 is 1.62. The number of pyridine rings is 1. The predicted molar refractivity (Wildman–Crippen MR) is 79.5 cm³/mol. The van der Waals surface area contributed by atoms with Crippen molar-refractivity contribution in [1.82, 2.24) is 30.5 Å². The molecule has 0 amide bonds. The lowest BCUT2D eigenvalue weighted by molar-refractivity contribution is 0.510. The Morgan fingerprint density at radius 2 is 2.25 bits per heavy atom. The fourth-order valence-corrected chi connectivity index (χ4v) is 2.67. The van der Waals surface area contributed by atoms with Gasteiger partial charge in [0.25, 0.3) is 0 Å². The second-order valence-corrected chi connectivity index (χ2v) is 5.43.